The van der Waals surface area contributed by atoms with Gasteiger partial charge in [0.25, 0.3) is 5.91 Å². The van der Waals surface area contributed by atoms with Crippen LogP contribution in [0.25, 0.3) is 0 Å². The van der Waals surface area contributed by atoms with Crippen LogP contribution in [0.2, 0.25) is 0 Å². The van der Waals surface area contributed by atoms with Gasteiger partial charge in [0.05, 0.1) is 4.99 Å². The summed E-state index contributed by atoms with van der Waals surface area (Å²) >= 11 is 4.91. The quantitative estimate of drug-likeness (QED) is 0.802. The Balaban J connectivity index is 1.80. The Morgan fingerprint density at radius 3 is 2.75 bits per heavy atom. The Hall–Kier alpha value is -1.40. The highest BCUT2D eigenvalue weighted by atomic mass is 32.1. The van der Waals surface area contributed by atoms with E-state index in [1.165, 1.54) is 0 Å². The molecule has 5 nitrogen and oxygen atoms in total. The fourth-order valence-electron chi connectivity index (χ4n) is 2.40. The third-order valence-electron chi connectivity index (χ3n) is 3.54. The van der Waals surface area contributed by atoms with Crippen molar-refractivity contribution in [1.82, 2.24) is 10.2 Å². The van der Waals surface area contributed by atoms with Crippen LogP contribution in [0.1, 0.15) is 36.1 Å². The van der Waals surface area contributed by atoms with Gasteiger partial charge in [0.1, 0.15) is 5.76 Å². The van der Waals surface area contributed by atoms with Crippen LogP contribution >= 0.6 is 12.2 Å². The molecule has 0 bridgehead atoms. The number of amides is 1. The van der Waals surface area contributed by atoms with Crippen molar-refractivity contribution in [3.05, 3.63) is 23.7 Å². The van der Waals surface area contributed by atoms with E-state index in [0.717, 1.165) is 38.1 Å². The van der Waals surface area contributed by atoms with E-state index in [2.05, 4.69) is 10.2 Å². The maximum absolute atomic E-state index is 12.0. The number of likely N-dealkylation sites (tertiary alicyclic amines) is 1. The Labute approximate surface area is 124 Å². The molecule has 1 aromatic rings. The van der Waals surface area contributed by atoms with Crippen LogP contribution in [-0.4, -0.2) is 41.5 Å². The molecule has 0 saturated carbocycles. The lowest BCUT2D eigenvalue weighted by molar-refractivity contribution is 0.0885. The van der Waals surface area contributed by atoms with Crippen molar-refractivity contribution < 1.29 is 9.21 Å². The molecule has 2 rings (SSSR count). The molecule has 0 spiro atoms. The predicted molar refractivity (Wildman–Crippen MR) is 81.8 cm³/mol. The van der Waals surface area contributed by atoms with E-state index in [9.17, 15) is 4.79 Å². The summed E-state index contributed by atoms with van der Waals surface area (Å²) in [5, 5.41) is 3.02. The molecule has 6 heteroatoms. The lowest BCUT2D eigenvalue weighted by atomic mass is 10.0. The number of nitrogens with two attached hydrogens (primary N) is 1. The fourth-order valence-corrected chi connectivity index (χ4v) is 2.58. The minimum atomic E-state index is -0.127. The summed E-state index contributed by atoms with van der Waals surface area (Å²) in [6.45, 7) is 4.47. The van der Waals surface area contributed by atoms with E-state index in [1.807, 2.05) is 13.0 Å². The van der Waals surface area contributed by atoms with Crippen LogP contribution in [0.3, 0.4) is 0 Å². The molecular weight excluding hydrogens is 274 g/mol. The summed E-state index contributed by atoms with van der Waals surface area (Å²) in [5.74, 6) is 1.10. The Kier molecular flexibility index (Phi) is 5.14. The Morgan fingerprint density at radius 1 is 1.50 bits per heavy atom. The van der Waals surface area contributed by atoms with Gasteiger partial charge in [0.15, 0.2) is 5.76 Å². The third kappa shape index (κ3) is 4.05. The lowest BCUT2D eigenvalue weighted by Gasteiger charge is -2.31. The van der Waals surface area contributed by atoms with E-state index >= 15 is 0 Å². The van der Waals surface area contributed by atoms with E-state index < -0.39 is 0 Å². The zero-order valence-corrected chi connectivity index (χ0v) is 12.5. The van der Waals surface area contributed by atoms with Gasteiger partial charge in [-0.15, -0.1) is 0 Å². The summed E-state index contributed by atoms with van der Waals surface area (Å²) in [6.07, 6.45) is 2.62. The third-order valence-corrected chi connectivity index (χ3v) is 3.67. The molecule has 0 aromatic carbocycles. The summed E-state index contributed by atoms with van der Waals surface area (Å²) in [6, 6.07) is 3.77. The molecule has 1 saturated heterocycles. The molecule has 0 radical (unpaired) electrons. The molecule has 1 amide bonds. The normalized spacial score (nSPS) is 17.1. The fraction of sp³-hybridized carbons (Fsp3) is 0.571. The van der Waals surface area contributed by atoms with Gasteiger partial charge >= 0.3 is 0 Å². The largest absolute Gasteiger partial charge is 0.456 e. The number of hydrogen-bond acceptors (Lipinski definition) is 4. The molecule has 0 atom stereocenters. The zero-order chi connectivity index (χ0) is 14.5. The van der Waals surface area contributed by atoms with Gasteiger partial charge in [-0.2, -0.15) is 0 Å². The van der Waals surface area contributed by atoms with Crippen molar-refractivity contribution in [3.8, 4) is 0 Å². The molecule has 0 aliphatic carbocycles. The molecule has 1 aromatic heterocycles. The van der Waals surface area contributed by atoms with Crippen LogP contribution in [0.15, 0.2) is 16.5 Å². The van der Waals surface area contributed by atoms with Gasteiger partial charge in [-0.3, -0.25) is 9.69 Å². The second-order valence-corrected chi connectivity index (χ2v) is 5.63. The number of thiocarbonyl (C=S) groups is 1. The van der Waals surface area contributed by atoms with Crippen LogP contribution in [0.4, 0.5) is 0 Å². The van der Waals surface area contributed by atoms with Gasteiger partial charge in [0.2, 0.25) is 0 Å². The number of carbonyl (C=O) groups is 1. The van der Waals surface area contributed by atoms with Crippen molar-refractivity contribution in [3.63, 3.8) is 0 Å². The molecule has 2 heterocycles. The first kappa shape index (κ1) is 15.0. The van der Waals surface area contributed by atoms with E-state index in [1.54, 1.807) is 6.07 Å². The Morgan fingerprint density at radius 2 is 2.20 bits per heavy atom. The van der Waals surface area contributed by atoms with Crippen LogP contribution in [0.5, 0.6) is 0 Å². The summed E-state index contributed by atoms with van der Waals surface area (Å²) in [4.78, 5) is 14.8. The molecule has 110 valence electrons. The van der Waals surface area contributed by atoms with Gasteiger partial charge in [-0.25, -0.2) is 0 Å². The second kappa shape index (κ2) is 6.85. The van der Waals surface area contributed by atoms with Gasteiger partial charge < -0.3 is 15.5 Å². The van der Waals surface area contributed by atoms with Gasteiger partial charge in [0, 0.05) is 32.1 Å². The number of nitrogens with one attached hydrogen (secondary N) is 1. The number of piperidine rings is 1. The summed E-state index contributed by atoms with van der Waals surface area (Å²) < 4.78 is 5.45. The number of hydrogen-bond donors (Lipinski definition) is 2. The highest BCUT2D eigenvalue weighted by Gasteiger charge is 2.22. The first-order chi connectivity index (χ1) is 9.58. The number of furan rings is 1. The topological polar surface area (TPSA) is 71.5 Å². The average Bonchev–Trinajstić information content (AvgIpc) is 2.89. The average molecular weight is 295 g/mol. The van der Waals surface area contributed by atoms with Crippen molar-refractivity contribution >= 4 is 23.1 Å². The molecule has 1 aliphatic heterocycles. The molecule has 1 aliphatic rings. The van der Waals surface area contributed by atoms with Gasteiger partial charge in [-0.1, -0.05) is 19.1 Å². The Bertz CT molecular complexity index is 479. The lowest BCUT2D eigenvalue weighted by Crippen LogP contribution is -2.46. The summed E-state index contributed by atoms with van der Waals surface area (Å²) in [5.41, 5.74) is 5.54. The van der Waals surface area contributed by atoms with Crippen molar-refractivity contribution in [2.45, 2.75) is 32.2 Å². The number of carbonyl (C=O) groups excluding carboxylic acids is 1. The first-order valence-corrected chi connectivity index (χ1v) is 7.39. The maximum atomic E-state index is 12.0. The number of nitrogens with zero attached hydrogens (tertiary/aromatic N) is 1. The maximum Gasteiger partial charge on any atom is 0.287 e. The number of aryl methyl sites for hydroxylation is 1. The van der Waals surface area contributed by atoms with E-state index in [0.29, 0.717) is 17.3 Å². The molecule has 1 fully saturated rings. The van der Waals surface area contributed by atoms with Crippen molar-refractivity contribution in [2.75, 3.05) is 19.6 Å². The first-order valence-electron chi connectivity index (χ1n) is 6.98. The molecule has 0 unspecified atom stereocenters. The highest BCUT2D eigenvalue weighted by molar-refractivity contribution is 7.80. The zero-order valence-electron chi connectivity index (χ0n) is 11.7. The van der Waals surface area contributed by atoms with Crippen LogP contribution in [-0.2, 0) is 6.42 Å². The minimum Gasteiger partial charge on any atom is -0.456 e. The van der Waals surface area contributed by atoms with Gasteiger partial charge in [-0.05, 0) is 25.0 Å². The monoisotopic (exact) mass is 295 g/mol. The highest BCUT2D eigenvalue weighted by Crippen LogP contribution is 2.13. The smallest absolute Gasteiger partial charge is 0.287 e. The standard InChI is InChI=1S/C14H21N3O2S/c1-2-11-3-4-12(19-11)14(18)16-10-5-7-17(8-6-10)9-13(15)20/h3-4,10H,2,5-9H2,1H3,(H2,15,20)(H,16,18). The molecular formula is C14H21N3O2S. The number of rotatable bonds is 5. The second-order valence-electron chi connectivity index (χ2n) is 5.11. The molecule has 3 N–H and O–H groups in total. The van der Waals surface area contributed by atoms with Crippen LogP contribution < -0.4 is 11.1 Å². The van der Waals surface area contributed by atoms with Crippen molar-refractivity contribution in [1.29, 1.82) is 0 Å². The van der Waals surface area contributed by atoms with E-state index in [-0.39, 0.29) is 11.9 Å². The van der Waals surface area contributed by atoms with Crippen molar-refractivity contribution in [2.24, 2.45) is 5.73 Å². The van der Waals surface area contributed by atoms with E-state index in [4.69, 9.17) is 22.4 Å². The SMILES string of the molecule is CCc1ccc(C(=O)NC2CCN(CC(N)=S)CC2)o1. The van der Waals surface area contributed by atoms with Crippen LogP contribution in [0, 0.1) is 0 Å². The minimum absolute atomic E-state index is 0.127. The molecule has 20 heavy (non-hydrogen) atoms. The predicted octanol–water partition coefficient (Wildman–Crippen LogP) is 1.32. The summed E-state index contributed by atoms with van der Waals surface area (Å²) in [7, 11) is 0.